The molecule has 0 aliphatic heterocycles. The number of hydrogen-bond donors (Lipinski definition) is 0. The van der Waals surface area contributed by atoms with Crippen molar-refractivity contribution in [3.8, 4) is 5.69 Å². The molecule has 0 N–H and O–H groups in total. The van der Waals surface area contributed by atoms with Gasteiger partial charge in [-0.15, -0.1) is 0 Å². The molecule has 0 unspecified atom stereocenters. The van der Waals surface area contributed by atoms with Gasteiger partial charge >= 0.3 is 6.18 Å². The van der Waals surface area contributed by atoms with Crippen LogP contribution in [0.1, 0.15) is 5.56 Å². The molecule has 1 aromatic heterocycles. The van der Waals surface area contributed by atoms with Crippen LogP contribution < -0.4 is 5.56 Å². The molecule has 20 heavy (non-hydrogen) atoms. The Kier molecular flexibility index (Phi) is 4.00. The molecular weight excluding hydrogens is 339 g/mol. The second-order valence-electron chi connectivity index (χ2n) is 3.71. The normalized spacial score (nSPS) is 11.7. The van der Waals surface area contributed by atoms with Crippen LogP contribution in [0, 0.1) is 0 Å². The van der Waals surface area contributed by atoms with Gasteiger partial charge in [-0.25, -0.2) is 4.98 Å². The Morgan fingerprint density at radius 1 is 1.05 bits per heavy atom. The van der Waals surface area contributed by atoms with Crippen LogP contribution in [0.15, 0.2) is 29.3 Å². The van der Waals surface area contributed by atoms with E-state index < -0.39 is 17.3 Å². The summed E-state index contributed by atoms with van der Waals surface area (Å²) in [5.74, 6) is 0. The lowest BCUT2D eigenvalue weighted by atomic mass is 10.2. The molecule has 0 radical (unpaired) electrons. The molecule has 2 rings (SSSR count). The van der Waals surface area contributed by atoms with Gasteiger partial charge in [-0.05, 0) is 12.1 Å². The highest BCUT2D eigenvalue weighted by Crippen LogP contribution is 2.36. The van der Waals surface area contributed by atoms with Gasteiger partial charge in [0.2, 0.25) is 0 Å². The summed E-state index contributed by atoms with van der Waals surface area (Å²) in [6.45, 7) is 0. The van der Waals surface area contributed by atoms with Crippen molar-refractivity contribution in [2.24, 2.45) is 0 Å². The highest BCUT2D eigenvalue weighted by atomic mass is 35.5. The lowest BCUT2D eigenvalue weighted by Crippen LogP contribution is -2.18. The fraction of sp³-hybridized carbons (Fsp3) is 0.0909. The summed E-state index contributed by atoms with van der Waals surface area (Å²) in [4.78, 5) is 15.4. The van der Waals surface area contributed by atoms with Gasteiger partial charge < -0.3 is 0 Å². The molecule has 1 aromatic carbocycles. The third-order valence-electron chi connectivity index (χ3n) is 2.36. The maximum Gasteiger partial charge on any atom is 0.416 e. The van der Waals surface area contributed by atoms with Crippen LogP contribution in [0.4, 0.5) is 13.2 Å². The summed E-state index contributed by atoms with van der Waals surface area (Å²) in [5, 5.41) is -0.697. The quantitative estimate of drug-likeness (QED) is 0.727. The van der Waals surface area contributed by atoms with Gasteiger partial charge in [0.1, 0.15) is 11.5 Å². The van der Waals surface area contributed by atoms with Crippen molar-refractivity contribution in [1.29, 1.82) is 0 Å². The van der Waals surface area contributed by atoms with Gasteiger partial charge in [0, 0.05) is 6.07 Å². The van der Waals surface area contributed by atoms with Crippen molar-refractivity contribution in [1.82, 2.24) is 9.55 Å². The van der Waals surface area contributed by atoms with Crippen molar-refractivity contribution in [2.45, 2.75) is 6.18 Å². The molecule has 0 bridgehead atoms. The van der Waals surface area contributed by atoms with E-state index in [-0.39, 0.29) is 20.9 Å². The van der Waals surface area contributed by atoms with Crippen LogP contribution in [0.3, 0.4) is 0 Å². The highest BCUT2D eigenvalue weighted by Gasteiger charge is 2.32. The summed E-state index contributed by atoms with van der Waals surface area (Å²) in [7, 11) is 0. The Labute approximate surface area is 125 Å². The van der Waals surface area contributed by atoms with Crippen LogP contribution in [-0.4, -0.2) is 9.55 Å². The van der Waals surface area contributed by atoms with E-state index in [2.05, 4.69) is 4.98 Å². The average molecular weight is 344 g/mol. The van der Waals surface area contributed by atoms with Gasteiger partial charge in [0.15, 0.2) is 0 Å². The summed E-state index contributed by atoms with van der Waals surface area (Å²) in [6, 6.07) is 2.36. The van der Waals surface area contributed by atoms with Crippen LogP contribution in [-0.2, 0) is 6.18 Å². The second-order valence-corrected chi connectivity index (χ2v) is 4.91. The van der Waals surface area contributed by atoms with Crippen molar-refractivity contribution in [2.75, 3.05) is 0 Å². The van der Waals surface area contributed by atoms with Gasteiger partial charge in [0.25, 0.3) is 5.56 Å². The molecule has 106 valence electrons. The van der Waals surface area contributed by atoms with Gasteiger partial charge in [-0.3, -0.25) is 9.36 Å². The first kappa shape index (κ1) is 15.2. The fourth-order valence-electron chi connectivity index (χ4n) is 1.51. The van der Waals surface area contributed by atoms with E-state index in [1.807, 2.05) is 0 Å². The monoisotopic (exact) mass is 342 g/mol. The molecule has 3 nitrogen and oxygen atoms in total. The molecule has 2 aromatic rings. The average Bonchev–Trinajstić information content (AvgIpc) is 2.29. The first-order valence-electron chi connectivity index (χ1n) is 5.01. The van der Waals surface area contributed by atoms with Gasteiger partial charge in [-0.2, -0.15) is 13.2 Å². The van der Waals surface area contributed by atoms with Crippen molar-refractivity contribution < 1.29 is 13.2 Å². The molecule has 0 atom stereocenters. The van der Waals surface area contributed by atoms with Crippen LogP contribution in [0.5, 0.6) is 0 Å². The maximum atomic E-state index is 12.6. The van der Waals surface area contributed by atoms with Gasteiger partial charge in [-0.1, -0.05) is 34.8 Å². The summed E-state index contributed by atoms with van der Waals surface area (Å²) in [5.41, 5.74) is -1.71. The molecule has 0 spiro atoms. The Bertz CT molecular complexity index is 705. The predicted molar refractivity (Wildman–Crippen MR) is 69.9 cm³/mol. The lowest BCUT2D eigenvalue weighted by molar-refractivity contribution is -0.137. The minimum Gasteiger partial charge on any atom is -0.269 e. The summed E-state index contributed by atoms with van der Waals surface area (Å²) in [6.07, 6.45) is -3.56. The van der Waals surface area contributed by atoms with E-state index in [0.717, 1.165) is 17.0 Å². The van der Waals surface area contributed by atoms with Crippen molar-refractivity contribution >= 4 is 34.8 Å². The SMILES string of the molecule is O=c1cc(Cl)ncn1-c1c(Cl)cc(C(F)(F)F)cc1Cl. The third kappa shape index (κ3) is 2.92. The number of aromatic nitrogens is 2. The number of benzene rings is 1. The summed E-state index contributed by atoms with van der Waals surface area (Å²) < 4.78 is 38.7. The molecular formula is C11H4Cl3F3N2O. The van der Waals surface area contributed by atoms with E-state index >= 15 is 0 Å². The zero-order chi connectivity index (χ0) is 15.1. The molecule has 0 aliphatic carbocycles. The molecule has 0 fully saturated rings. The van der Waals surface area contributed by atoms with Crippen LogP contribution in [0.2, 0.25) is 15.2 Å². The van der Waals surface area contributed by atoms with Crippen molar-refractivity contribution in [3.05, 3.63) is 55.6 Å². The molecule has 9 heteroatoms. The molecule has 0 saturated carbocycles. The number of nitrogens with zero attached hydrogens (tertiary/aromatic N) is 2. The second kappa shape index (κ2) is 5.27. The van der Waals surface area contributed by atoms with Crippen molar-refractivity contribution in [3.63, 3.8) is 0 Å². The third-order valence-corrected chi connectivity index (χ3v) is 3.14. The van der Waals surface area contributed by atoms with Gasteiger partial charge in [0.05, 0.1) is 21.3 Å². The first-order chi connectivity index (χ1) is 9.20. The first-order valence-corrected chi connectivity index (χ1v) is 6.14. The van der Waals surface area contributed by atoms with Crippen LogP contribution >= 0.6 is 34.8 Å². The number of alkyl halides is 3. The Balaban J connectivity index is 2.67. The zero-order valence-electron chi connectivity index (χ0n) is 9.38. The lowest BCUT2D eigenvalue weighted by Gasteiger charge is -2.13. The molecule has 0 amide bonds. The van der Waals surface area contributed by atoms with E-state index in [1.165, 1.54) is 0 Å². The number of rotatable bonds is 1. The minimum absolute atomic E-state index is 0.0505. The Morgan fingerprint density at radius 3 is 2.05 bits per heavy atom. The molecule has 0 aliphatic rings. The standard InChI is InChI=1S/C11H4Cl3F3N2O/c12-6-1-5(11(15,16)17)2-7(13)10(6)19-4-18-8(14)3-9(19)20/h1-4H. The number of hydrogen-bond acceptors (Lipinski definition) is 2. The van der Waals surface area contributed by atoms with E-state index in [1.54, 1.807) is 0 Å². The zero-order valence-corrected chi connectivity index (χ0v) is 11.6. The largest absolute Gasteiger partial charge is 0.416 e. The number of halogens is 6. The smallest absolute Gasteiger partial charge is 0.269 e. The Hall–Kier alpha value is -1.24. The fourth-order valence-corrected chi connectivity index (χ4v) is 2.31. The van der Waals surface area contributed by atoms with Crippen LogP contribution in [0.25, 0.3) is 5.69 Å². The van der Waals surface area contributed by atoms with E-state index in [4.69, 9.17) is 34.8 Å². The highest BCUT2D eigenvalue weighted by molar-refractivity contribution is 6.37. The summed E-state index contributed by atoms with van der Waals surface area (Å²) >= 11 is 17.1. The van der Waals surface area contributed by atoms with E-state index in [0.29, 0.717) is 12.1 Å². The Morgan fingerprint density at radius 2 is 1.60 bits per heavy atom. The molecule has 1 heterocycles. The minimum atomic E-state index is -4.59. The maximum absolute atomic E-state index is 12.6. The topological polar surface area (TPSA) is 34.9 Å². The predicted octanol–water partition coefficient (Wildman–Crippen LogP) is 4.21. The van der Waals surface area contributed by atoms with E-state index in [9.17, 15) is 18.0 Å². The molecule has 0 saturated heterocycles.